The summed E-state index contributed by atoms with van der Waals surface area (Å²) in [7, 11) is 0.412. The van der Waals surface area contributed by atoms with Gasteiger partial charge in [-0.25, -0.2) is 9.97 Å². The molecule has 0 unspecified atom stereocenters. The van der Waals surface area contributed by atoms with Gasteiger partial charge in [-0.05, 0) is 30.1 Å². The summed E-state index contributed by atoms with van der Waals surface area (Å²) in [6.07, 6.45) is 2.74. The lowest BCUT2D eigenvalue weighted by Gasteiger charge is -2.15. The molecule has 3 heterocycles. The van der Waals surface area contributed by atoms with Crippen molar-refractivity contribution in [1.82, 2.24) is 19.1 Å². The van der Waals surface area contributed by atoms with Gasteiger partial charge in [-0.3, -0.25) is 9.36 Å². The van der Waals surface area contributed by atoms with Crippen molar-refractivity contribution in [3.05, 3.63) is 44.0 Å². The van der Waals surface area contributed by atoms with Gasteiger partial charge in [0, 0.05) is 39.1 Å². The Labute approximate surface area is 201 Å². The second-order valence-corrected chi connectivity index (χ2v) is 16.5. The van der Waals surface area contributed by atoms with E-state index in [0.717, 1.165) is 38.8 Å². The van der Waals surface area contributed by atoms with Crippen LogP contribution in [0.25, 0.3) is 32.4 Å². The summed E-state index contributed by atoms with van der Waals surface area (Å²) < 4.78 is 10.1. The molecule has 0 saturated carbocycles. The highest BCUT2D eigenvalue weighted by Gasteiger charge is 2.21. The van der Waals surface area contributed by atoms with Crippen LogP contribution in [0.3, 0.4) is 0 Å². The quantitative estimate of drug-likeness (QED) is 0.169. The van der Waals surface area contributed by atoms with Crippen LogP contribution in [0.4, 0.5) is 0 Å². The average Bonchev–Trinajstić information content (AvgIpc) is 3.31. The molecular weight excluding hydrogens is 483 g/mol. The molecule has 170 valence electrons. The van der Waals surface area contributed by atoms with E-state index in [1.807, 2.05) is 22.9 Å². The fourth-order valence-corrected chi connectivity index (χ4v) is 5.73. The molecule has 0 spiro atoms. The van der Waals surface area contributed by atoms with Gasteiger partial charge in [0.1, 0.15) is 6.73 Å². The van der Waals surface area contributed by atoms with E-state index in [-0.39, 0.29) is 17.6 Å². The largest absolute Gasteiger partial charge is 0.361 e. The summed E-state index contributed by atoms with van der Waals surface area (Å²) >= 11 is 14.7. The third kappa shape index (κ3) is 4.39. The Morgan fingerprint density at radius 1 is 1.16 bits per heavy atom. The van der Waals surface area contributed by atoms with Gasteiger partial charge < -0.3 is 9.30 Å². The lowest BCUT2D eigenvalue weighted by Crippen LogP contribution is -2.22. The molecule has 0 aliphatic heterocycles. The van der Waals surface area contributed by atoms with Crippen molar-refractivity contribution >= 4 is 63.9 Å². The van der Waals surface area contributed by atoms with Gasteiger partial charge >= 0.3 is 0 Å². The average molecular weight is 510 g/mol. The molecule has 1 aromatic carbocycles. The maximum atomic E-state index is 13.2. The SMILES string of the molecule is CCc1nc2ccc(-c3cn(COCC[Si](C)(C)C)c4nc(Cl)n(C)c(=O)c34)c(Cl)c2s1. The normalized spacial score (nSPS) is 12.3. The smallest absolute Gasteiger partial charge is 0.264 e. The fourth-order valence-electron chi connectivity index (χ4n) is 3.50. The Bertz CT molecular complexity index is 1370. The van der Waals surface area contributed by atoms with Crippen LogP contribution in [0.15, 0.2) is 23.1 Å². The summed E-state index contributed by atoms with van der Waals surface area (Å²) in [5.74, 6) is 0. The number of hydrogen-bond acceptors (Lipinski definition) is 5. The molecule has 0 aliphatic carbocycles. The Morgan fingerprint density at radius 2 is 1.91 bits per heavy atom. The van der Waals surface area contributed by atoms with Gasteiger partial charge in [0.25, 0.3) is 5.56 Å². The van der Waals surface area contributed by atoms with E-state index in [1.54, 1.807) is 18.4 Å². The van der Waals surface area contributed by atoms with Crippen LogP contribution in [-0.2, 0) is 24.9 Å². The summed E-state index contributed by atoms with van der Waals surface area (Å²) in [5.41, 5.74) is 2.64. The molecule has 4 aromatic rings. The van der Waals surface area contributed by atoms with Crippen molar-refractivity contribution < 1.29 is 4.74 Å². The molecule has 10 heteroatoms. The second-order valence-electron chi connectivity index (χ2n) is 9.04. The van der Waals surface area contributed by atoms with E-state index >= 15 is 0 Å². The minimum Gasteiger partial charge on any atom is -0.361 e. The predicted molar refractivity (Wildman–Crippen MR) is 137 cm³/mol. The first-order chi connectivity index (χ1) is 15.1. The number of halogens is 2. The number of benzene rings is 1. The standard InChI is InChI=1S/C22H26Cl2N4O2SSi/c1-6-16-25-15-8-7-13(18(23)19(15)31-16)14-11-28(12-30-9-10-32(3,4)5)20-17(14)21(29)27(2)22(24)26-20/h7-8,11H,6,9-10,12H2,1-5H3. The zero-order valence-electron chi connectivity index (χ0n) is 18.8. The number of aryl methyl sites for hydroxylation is 1. The molecule has 0 atom stereocenters. The molecule has 0 bridgehead atoms. The van der Waals surface area contributed by atoms with Gasteiger partial charge in [0.15, 0.2) is 5.65 Å². The topological polar surface area (TPSA) is 61.9 Å². The number of thiazole rings is 1. The lowest BCUT2D eigenvalue weighted by molar-refractivity contribution is 0.0899. The zero-order valence-corrected chi connectivity index (χ0v) is 22.2. The van der Waals surface area contributed by atoms with Crippen molar-refractivity contribution in [1.29, 1.82) is 0 Å². The molecule has 0 radical (unpaired) electrons. The minimum absolute atomic E-state index is 0.132. The number of ether oxygens (including phenoxy) is 1. The summed E-state index contributed by atoms with van der Waals surface area (Å²) in [6.45, 7) is 9.96. The lowest BCUT2D eigenvalue weighted by atomic mass is 10.1. The number of fused-ring (bicyclic) bond motifs is 2. The third-order valence-corrected chi connectivity index (χ3v) is 9.18. The molecular formula is C22H26Cl2N4O2SSi. The van der Waals surface area contributed by atoms with Crippen LogP contribution in [0, 0.1) is 0 Å². The van der Waals surface area contributed by atoms with Crippen molar-refractivity contribution in [2.24, 2.45) is 7.05 Å². The molecule has 32 heavy (non-hydrogen) atoms. The van der Waals surface area contributed by atoms with Gasteiger partial charge in [-0.2, -0.15) is 0 Å². The molecule has 0 aliphatic rings. The van der Waals surface area contributed by atoms with Crippen molar-refractivity contribution in [2.75, 3.05) is 6.61 Å². The molecule has 0 N–H and O–H groups in total. The molecule has 4 rings (SSSR count). The monoisotopic (exact) mass is 508 g/mol. The minimum atomic E-state index is -1.20. The number of aromatic nitrogens is 4. The van der Waals surface area contributed by atoms with E-state index < -0.39 is 8.07 Å². The van der Waals surface area contributed by atoms with Crippen LogP contribution < -0.4 is 5.56 Å². The first-order valence-electron chi connectivity index (χ1n) is 10.5. The molecule has 3 aromatic heterocycles. The molecule has 6 nitrogen and oxygen atoms in total. The summed E-state index contributed by atoms with van der Waals surface area (Å²) in [6, 6.07) is 4.93. The Morgan fingerprint density at radius 3 is 2.59 bits per heavy atom. The Balaban J connectivity index is 1.84. The van der Waals surface area contributed by atoms with Crippen molar-refractivity contribution in [2.45, 2.75) is 45.8 Å². The van der Waals surface area contributed by atoms with Gasteiger partial charge in [-0.15, -0.1) is 11.3 Å². The van der Waals surface area contributed by atoms with Crippen molar-refractivity contribution in [3.8, 4) is 11.1 Å². The number of hydrogen-bond donors (Lipinski definition) is 0. The van der Waals surface area contributed by atoms with E-state index in [1.165, 1.54) is 4.57 Å². The highest BCUT2D eigenvalue weighted by molar-refractivity contribution is 7.19. The highest BCUT2D eigenvalue weighted by Crippen LogP contribution is 2.40. The summed E-state index contributed by atoms with van der Waals surface area (Å²) in [5, 5.41) is 2.23. The number of nitrogens with zero attached hydrogens (tertiary/aromatic N) is 4. The van der Waals surface area contributed by atoms with Crippen LogP contribution in [-0.4, -0.2) is 33.8 Å². The fraction of sp³-hybridized carbons (Fsp3) is 0.409. The first kappa shape index (κ1) is 23.4. The Kier molecular flexibility index (Phi) is 6.53. The summed E-state index contributed by atoms with van der Waals surface area (Å²) in [4.78, 5) is 22.3. The number of rotatable bonds is 7. The molecule has 0 amide bonds. The predicted octanol–water partition coefficient (Wildman–Crippen LogP) is 6.19. The van der Waals surface area contributed by atoms with E-state index in [2.05, 4.69) is 36.5 Å². The zero-order chi connectivity index (χ0) is 23.2. The van der Waals surface area contributed by atoms with E-state index in [9.17, 15) is 4.79 Å². The van der Waals surface area contributed by atoms with Crippen LogP contribution >= 0.6 is 34.5 Å². The first-order valence-corrected chi connectivity index (χ1v) is 15.8. The maximum absolute atomic E-state index is 13.2. The van der Waals surface area contributed by atoms with Crippen LogP contribution in [0.1, 0.15) is 11.9 Å². The van der Waals surface area contributed by atoms with E-state index in [0.29, 0.717) is 22.7 Å². The van der Waals surface area contributed by atoms with Gasteiger partial charge in [-0.1, -0.05) is 44.2 Å². The molecule has 0 fully saturated rings. The van der Waals surface area contributed by atoms with E-state index in [4.69, 9.17) is 27.9 Å². The maximum Gasteiger partial charge on any atom is 0.264 e. The molecule has 0 saturated heterocycles. The van der Waals surface area contributed by atoms with Crippen molar-refractivity contribution in [3.63, 3.8) is 0 Å². The second kappa shape index (κ2) is 8.91. The van der Waals surface area contributed by atoms with Crippen LogP contribution in [0.2, 0.25) is 36.0 Å². The third-order valence-electron chi connectivity index (χ3n) is 5.40. The Hall–Kier alpha value is -1.71. The van der Waals surface area contributed by atoms with Gasteiger partial charge in [0.05, 0.1) is 25.6 Å². The van der Waals surface area contributed by atoms with Crippen LogP contribution in [0.5, 0.6) is 0 Å². The van der Waals surface area contributed by atoms with Gasteiger partial charge in [0.2, 0.25) is 5.28 Å². The highest BCUT2D eigenvalue weighted by atomic mass is 35.5.